The molecule has 4 aromatic rings. The van der Waals surface area contributed by atoms with Gasteiger partial charge in [0, 0.05) is 85.6 Å². The van der Waals surface area contributed by atoms with Crippen LogP contribution in [0, 0.1) is 11.6 Å². The van der Waals surface area contributed by atoms with Crippen LogP contribution in [-0.4, -0.2) is 142 Å². The van der Waals surface area contributed by atoms with Gasteiger partial charge in [0.05, 0.1) is 34.7 Å². The molecule has 10 rings (SSSR count). The summed E-state index contributed by atoms with van der Waals surface area (Å²) >= 11 is 3.70. The topological polar surface area (TPSA) is 218 Å². The Morgan fingerprint density at radius 3 is 1.77 bits per heavy atom. The Kier molecular flexibility index (Phi) is 16.5. The minimum Gasteiger partial charge on any atom is -0.489 e. The van der Waals surface area contributed by atoms with Gasteiger partial charge in [0.25, 0.3) is 10.1 Å². The van der Waals surface area contributed by atoms with Gasteiger partial charge in [0.2, 0.25) is 0 Å². The maximum Gasteiger partial charge on any atom is 0.415 e. The molecular weight excluding hydrogens is 992 g/mol. The number of nitrogens with one attached hydrogen (secondary N) is 1. The number of fused-ring (bicyclic) bond motifs is 6. The van der Waals surface area contributed by atoms with Crippen LogP contribution < -0.4 is 34.4 Å². The van der Waals surface area contributed by atoms with Crippen LogP contribution in [-0.2, 0) is 34.9 Å². The van der Waals surface area contributed by atoms with Crippen molar-refractivity contribution >= 4 is 92.9 Å². The van der Waals surface area contributed by atoms with Crippen LogP contribution in [0.3, 0.4) is 0 Å². The van der Waals surface area contributed by atoms with Crippen LogP contribution in [0.15, 0.2) is 58.0 Å². The molecule has 0 saturated carbocycles. The van der Waals surface area contributed by atoms with Crippen molar-refractivity contribution in [2.75, 3.05) is 100 Å². The van der Waals surface area contributed by atoms with E-state index in [0.29, 0.717) is 53.8 Å². The predicted molar refractivity (Wildman–Crippen MR) is 255 cm³/mol. The van der Waals surface area contributed by atoms with Crippen molar-refractivity contribution in [3.63, 3.8) is 0 Å². The number of nitrogens with zero attached hydrogens (tertiary/aromatic N) is 6. The number of hydrogen-bond acceptors (Lipinski definition) is 19. The summed E-state index contributed by atoms with van der Waals surface area (Å²) in [4.78, 5) is 42.8. The van der Waals surface area contributed by atoms with Crippen LogP contribution in [0.1, 0.15) is 32.9 Å². The molecule has 0 spiro atoms. The van der Waals surface area contributed by atoms with Crippen molar-refractivity contribution in [1.82, 2.24) is 10.3 Å². The van der Waals surface area contributed by atoms with Crippen molar-refractivity contribution in [3.05, 3.63) is 66.3 Å². The molecule has 3 amide bonds. The molecule has 376 valence electrons. The lowest BCUT2D eigenvalue weighted by atomic mass is 10.0. The summed E-state index contributed by atoms with van der Waals surface area (Å²) in [5, 5.41) is 9.80. The zero-order chi connectivity index (χ0) is 48.2. The van der Waals surface area contributed by atoms with E-state index in [9.17, 15) is 31.6 Å². The van der Waals surface area contributed by atoms with E-state index in [4.69, 9.17) is 32.4 Å². The molecule has 0 unspecified atom stereocenters. The summed E-state index contributed by atoms with van der Waals surface area (Å²) in [6.07, 6.45) is 2.22. The van der Waals surface area contributed by atoms with Crippen LogP contribution in [0.4, 0.5) is 51.7 Å². The molecule has 69 heavy (non-hydrogen) atoms. The molecule has 2 aromatic heterocycles. The van der Waals surface area contributed by atoms with E-state index in [1.54, 1.807) is 39.0 Å². The summed E-state index contributed by atoms with van der Waals surface area (Å²) in [6.45, 7) is 8.59. The second-order valence-electron chi connectivity index (χ2n) is 17.1. The number of anilines is 5. The first kappa shape index (κ1) is 51.5. The number of thioether (sulfide) groups is 2. The number of carbonyl (C=O) groups excluding carboxylic acids is 3. The number of amides is 3. The number of cyclic esters (lactones) is 2. The van der Waals surface area contributed by atoms with Crippen molar-refractivity contribution in [1.29, 1.82) is 0 Å². The fourth-order valence-electron chi connectivity index (χ4n) is 8.10. The van der Waals surface area contributed by atoms with E-state index in [1.807, 2.05) is 33.3 Å². The molecule has 4 fully saturated rings. The number of aryl methyl sites for hydroxylation is 1. The monoisotopic (exact) mass is 1040 g/mol. The number of rotatable bonds is 9. The van der Waals surface area contributed by atoms with Crippen molar-refractivity contribution in [3.8, 4) is 11.5 Å². The summed E-state index contributed by atoms with van der Waals surface area (Å²) < 4.78 is 93.6. The van der Waals surface area contributed by atoms with E-state index >= 15 is 0 Å². The average molecular weight is 1040 g/mol. The van der Waals surface area contributed by atoms with Crippen molar-refractivity contribution < 1.29 is 68.5 Å². The average Bonchev–Trinajstić information content (AvgIpc) is 4.13. The van der Waals surface area contributed by atoms with Gasteiger partial charge < -0.3 is 42.5 Å². The summed E-state index contributed by atoms with van der Waals surface area (Å²) in [6, 6.07) is 8.48. The number of carbonyl (C=O) groups is 3. The lowest BCUT2D eigenvalue weighted by Gasteiger charge is -2.34. The highest BCUT2D eigenvalue weighted by Crippen LogP contribution is 2.44. The van der Waals surface area contributed by atoms with E-state index in [-0.39, 0.29) is 49.3 Å². The molecule has 0 bridgehead atoms. The Hall–Kier alpha value is -5.37. The van der Waals surface area contributed by atoms with Gasteiger partial charge in [-0.2, -0.15) is 31.9 Å². The summed E-state index contributed by atoms with van der Waals surface area (Å²) in [7, 11) is -3.67. The molecule has 0 aliphatic carbocycles. The van der Waals surface area contributed by atoms with Gasteiger partial charge in [-0.05, 0) is 33.6 Å². The highest BCUT2D eigenvalue weighted by molar-refractivity contribution is 7.99. The quantitative estimate of drug-likeness (QED) is 0.132. The first-order valence-corrected chi connectivity index (χ1v) is 25.9. The molecule has 8 heterocycles. The molecule has 6 aliphatic rings. The molecular formula is C43H52ClF2N7O13S3. The number of benzene rings is 2. The first-order chi connectivity index (χ1) is 32.5. The van der Waals surface area contributed by atoms with Gasteiger partial charge in [0.1, 0.15) is 79.3 Å². The van der Waals surface area contributed by atoms with Crippen molar-refractivity contribution in [2.45, 2.75) is 63.5 Å². The van der Waals surface area contributed by atoms with E-state index in [1.165, 1.54) is 40.5 Å². The largest absolute Gasteiger partial charge is 0.489 e. The van der Waals surface area contributed by atoms with Crippen LogP contribution in [0.2, 0.25) is 0 Å². The van der Waals surface area contributed by atoms with Gasteiger partial charge in [-0.25, -0.2) is 23.2 Å². The van der Waals surface area contributed by atoms with Crippen LogP contribution in [0.25, 0.3) is 0 Å². The second-order valence-corrected chi connectivity index (χ2v) is 21.2. The molecule has 0 radical (unpaired) electrons. The summed E-state index contributed by atoms with van der Waals surface area (Å²) in [5.74, 6) is 4.31. The number of ether oxygens (including phenoxy) is 5. The van der Waals surface area contributed by atoms with Gasteiger partial charge in [-0.3, -0.25) is 19.3 Å². The number of aromatic nitrogens is 2. The van der Waals surface area contributed by atoms with E-state index in [2.05, 4.69) is 20.2 Å². The molecule has 4 saturated heterocycles. The fourth-order valence-corrected chi connectivity index (χ4v) is 10.3. The normalized spacial score (nSPS) is 21.5. The molecule has 2 aromatic carbocycles. The van der Waals surface area contributed by atoms with Crippen molar-refractivity contribution in [2.24, 2.45) is 0 Å². The fraction of sp³-hybridized carbons (Fsp3) is 0.512. The SMILES string of the molecule is CC(C)(C)OC(=O)Nc1ccon1.CS(=O)(=O)OC[C@H]1OC(=O)N2c3cc(F)c(N4CCSCC4)cc3OC[C@H]12.Cl.O=C1O[C@H](CCc2ccon2)[C@H]2COc3cc(N4CCSCC4)c(F)cc3N12. The van der Waals surface area contributed by atoms with Gasteiger partial charge in [-0.1, -0.05) is 10.3 Å². The maximum atomic E-state index is 14.9. The Bertz CT molecular complexity index is 2530. The molecule has 20 nitrogen and oxygen atoms in total. The number of hydrogen-bond donors (Lipinski definition) is 1. The third-order valence-electron chi connectivity index (χ3n) is 11.2. The summed E-state index contributed by atoms with van der Waals surface area (Å²) in [5.41, 5.74) is 2.02. The predicted octanol–water partition coefficient (Wildman–Crippen LogP) is 6.97. The Labute approximate surface area is 411 Å². The maximum absolute atomic E-state index is 14.9. The van der Waals surface area contributed by atoms with Crippen LogP contribution >= 0.6 is 35.9 Å². The van der Waals surface area contributed by atoms with Gasteiger partial charge >= 0.3 is 18.3 Å². The Morgan fingerprint density at radius 2 is 1.29 bits per heavy atom. The van der Waals surface area contributed by atoms with Gasteiger partial charge in [-0.15, -0.1) is 12.4 Å². The molecule has 1 N–H and O–H groups in total. The lowest BCUT2D eigenvalue weighted by molar-refractivity contribution is 0.0634. The Balaban J connectivity index is 0.000000162. The van der Waals surface area contributed by atoms with Crippen LogP contribution in [0.5, 0.6) is 11.5 Å². The number of halogens is 3. The van der Waals surface area contributed by atoms with E-state index < -0.39 is 52.0 Å². The third kappa shape index (κ3) is 12.7. The second kappa shape index (κ2) is 22.2. The van der Waals surface area contributed by atoms with E-state index in [0.717, 1.165) is 61.1 Å². The highest BCUT2D eigenvalue weighted by Gasteiger charge is 2.48. The minimum atomic E-state index is -3.67. The standard InChI is InChI=1S/C19H20FN3O4S.C16H19FN2O6S2.C8H12N2O3.ClH/c20-13-9-15-18(10-14(13)22-4-7-28-8-5-22)25-11-16-17(27-19(24)23(15)16)2-1-12-3-6-26-21-12;1-27(21,22)24-9-15-13-8-23-14-7-11(18-2-4-26-5-3-18)10(17)6-12(14)19(13)16(20)25-15;1-8(2,3)13-7(11)9-6-4-5-12-10-6;/h3,6,9-10,16-17H,1-2,4-5,7-8,11H2;6-7,13,15H,2-5,8-9H2,1H3;4-5H,1-3H3,(H,9,10,11);1H/t16-,17-;13-,15-;;/m11../s1. The van der Waals surface area contributed by atoms with Gasteiger partial charge in [0.15, 0.2) is 11.9 Å². The highest BCUT2D eigenvalue weighted by atomic mass is 35.5. The molecule has 6 aliphatic heterocycles. The minimum absolute atomic E-state index is 0. The first-order valence-electron chi connectivity index (χ1n) is 21.7. The smallest absolute Gasteiger partial charge is 0.415 e. The zero-order valence-corrected chi connectivity index (χ0v) is 41.3. The lowest BCUT2D eigenvalue weighted by Crippen LogP contribution is -2.46. The Morgan fingerprint density at radius 1 is 0.783 bits per heavy atom. The third-order valence-corrected chi connectivity index (χ3v) is 13.7. The molecule has 4 atom stereocenters. The zero-order valence-electron chi connectivity index (χ0n) is 38.0. The molecule has 26 heteroatoms.